The molecule has 2 heteroatoms. The van der Waals surface area contributed by atoms with Gasteiger partial charge in [-0.05, 0) is 107 Å². The van der Waals surface area contributed by atoms with Gasteiger partial charge in [-0.25, -0.2) is 0 Å². The van der Waals surface area contributed by atoms with E-state index in [4.69, 9.17) is 0 Å². The number of nitrogens with zero attached hydrogens (tertiary/aromatic N) is 2. The van der Waals surface area contributed by atoms with Crippen LogP contribution < -0.4 is 0 Å². The summed E-state index contributed by atoms with van der Waals surface area (Å²) in [5.41, 5.74) is 0.885. The molecule has 2 saturated carbocycles. The molecule has 26 heavy (non-hydrogen) atoms. The first-order valence-electron chi connectivity index (χ1n) is 11.6. The van der Waals surface area contributed by atoms with Gasteiger partial charge in [0, 0.05) is 24.7 Å². The standard InChI is InChI=1S/C24H44N2/c1-23(2,3)20-9-11-25(12-10-20)21-13-17-7-8-18(14-21)22(17)19-15-26(16-19)24(4,5)6/h17-22H,7-16H2,1-6H3. The molecule has 2 unspecified atom stereocenters. The monoisotopic (exact) mass is 360 g/mol. The van der Waals surface area contributed by atoms with Crippen molar-refractivity contribution in [3.63, 3.8) is 0 Å². The minimum Gasteiger partial charge on any atom is -0.300 e. The van der Waals surface area contributed by atoms with Crippen LogP contribution in [0.4, 0.5) is 0 Å². The van der Waals surface area contributed by atoms with E-state index in [1.807, 2.05) is 0 Å². The summed E-state index contributed by atoms with van der Waals surface area (Å²) in [6, 6.07) is 0.920. The lowest BCUT2D eigenvalue weighted by molar-refractivity contribution is -0.0535. The summed E-state index contributed by atoms with van der Waals surface area (Å²) in [4.78, 5) is 5.62. The molecule has 2 aliphatic heterocycles. The number of hydrogen-bond acceptors (Lipinski definition) is 2. The summed E-state index contributed by atoms with van der Waals surface area (Å²) >= 11 is 0. The normalized spacial score (nSPS) is 38.5. The van der Waals surface area contributed by atoms with E-state index in [1.54, 1.807) is 0 Å². The van der Waals surface area contributed by atoms with Crippen LogP contribution in [-0.2, 0) is 0 Å². The smallest absolute Gasteiger partial charge is 0.0125 e. The van der Waals surface area contributed by atoms with Crippen molar-refractivity contribution in [1.29, 1.82) is 0 Å². The second-order valence-electron chi connectivity index (χ2n) is 12.3. The van der Waals surface area contributed by atoms with Crippen molar-refractivity contribution < 1.29 is 0 Å². The first-order chi connectivity index (χ1) is 12.1. The summed E-state index contributed by atoms with van der Waals surface area (Å²) in [6.45, 7) is 20.0. The molecule has 4 aliphatic rings. The molecular weight excluding hydrogens is 316 g/mol. The highest BCUT2D eigenvalue weighted by molar-refractivity contribution is 5.03. The zero-order valence-electron chi connectivity index (χ0n) is 18.4. The minimum atomic E-state index is 0.379. The van der Waals surface area contributed by atoms with Crippen molar-refractivity contribution >= 4 is 0 Å². The van der Waals surface area contributed by atoms with Crippen molar-refractivity contribution in [1.82, 2.24) is 9.80 Å². The second kappa shape index (κ2) is 6.76. The highest BCUT2D eigenvalue weighted by Gasteiger charge is 2.51. The Kier molecular flexibility index (Phi) is 5.01. The van der Waals surface area contributed by atoms with Crippen LogP contribution in [-0.4, -0.2) is 47.6 Å². The van der Waals surface area contributed by atoms with Crippen molar-refractivity contribution in [2.45, 2.75) is 91.6 Å². The van der Waals surface area contributed by atoms with Gasteiger partial charge in [0.2, 0.25) is 0 Å². The van der Waals surface area contributed by atoms with E-state index in [-0.39, 0.29) is 0 Å². The van der Waals surface area contributed by atoms with Crippen LogP contribution >= 0.6 is 0 Å². The molecule has 0 aromatic heterocycles. The molecule has 0 amide bonds. The van der Waals surface area contributed by atoms with Gasteiger partial charge < -0.3 is 4.90 Å². The Morgan fingerprint density at radius 2 is 1.23 bits per heavy atom. The molecule has 2 heterocycles. The first-order valence-corrected chi connectivity index (χ1v) is 11.6. The minimum absolute atomic E-state index is 0.379. The molecule has 2 nitrogen and oxygen atoms in total. The van der Waals surface area contributed by atoms with E-state index >= 15 is 0 Å². The molecule has 0 aromatic rings. The highest BCUT2D eigenvalue weighted by Crippen LogP contribution is 2.53. The molecule has 2 atom stereocenters. The highest BCUT2D eigenvalue weighted by atomic mass is 15.2. The molecule has 4 fully saturated rings. The van der Waals surface area contributed by atoms with Gasteiger partial charge >= 0.3 is 0 Å². The zero-order chi connectivity index (χ0) is 18.7. The number of piperidine rings is 1. The largest absolute Gasteiger partial charge is 0.300 e. The van der Waals surface area contributed by atoms with E-state index < -0.39 is 0 Å². The third-order valence-corrected chi connectivity index (χ3v) is 8.82. The summed E-state index contributed by atoms with van der Waals surface area (Å²) in [7, 11) is 0. The third kappa shape index (κ3) is 3.62. The first kappa shape index (κ1) is 19.2. The maximum atomic E-state index is 2.91. The van der Waals surface area contributed by atoms with Crippen LogP contribution in [0.3, 0.4) is 0 Å². The average molecular weight is 361 g/mol. The predicted molar refractivity (Wildman–Crippen MR) is 111 cm³/mol. The van der Waals surface area contributed by atoms with Crippen molar-refractivity contribution in [2.24, 2.45) is 35.0 Å². The van der Waals surface area contributed by atoms with E-state index in [2.05, 4.69) is 51.3 Å². The Hall–Kier alpha value is -0.0800. The van der Waals surface area contributed by atoms with E-state index in [0.717, 1.165) is 35.6 Å². The van der Waals surface area contributed by atoms with E-state index in [9.17, 15) is 0 Å². The summed E-state index contributed by atoms with van der Waals surface area (Å²) < 4.78 is 0. The topological polar surface area (TPSA) is 6.48 Å². The Balaban J connectivity index is 1.31. The van der Waals surface area contributed by atoms with Crippen LogP contribution in [0.2, 0.25) is 0 Å². The van der Waals surface area contributed by atoms with Crippen LogP contribution in [0.1, 0.15) is 80.1 Å². The lowest BCUT2D eigenvalue weighted by atomic mass is 9.66. The van der Waals surface area contributed by atoms with Crippen LogP contribution in [0.5, 0.6) is 0 Å². The third-order valence-electron chi connectivity index (χ3n) is 8.82. The fourth-order valence-corrected chi connectivity index (χ4v) is 7.05. The van der Waals surface area contributed by atoms with E-state index in [0.29, 0.717) is 11.0 Å². The van der Waals surface area contributed by atoms with Gasteiger partial charge in [0.15, 0.2) is 0 Å². The SMILES string of the molecule is CC(C)(C)C1CCN(C2CC3CCC(C2)C3C2CN(C(C)(C)C)C2)CC1. The number of likely N-dealkylation sites (tertiary alicyclic amines) is 2. The van der Waals surface area contributed by atoms with Gasteiger partial charge in [0.25, 0.3) is 0 Å². The molecular formula is C24H44N2. The lowest BCUT2D eigenvalue weighted by Crippen LogP contribution is -2.60. The Morgan fingerprint density at radius 3 is 1.69 bits per heavy atom. The van der Waals surface area contributed by atoms with Gasteiger partial charge in [-0.15, -0.1) is 0 Å². The van der Waals surface area contributed by atoms with E-state index in [1.165, 1.54) is 64.7 Å². The van der Waals surface area contributed by atoms with Gasteiger partial charge in [-0.2, -0.15) is 0 Å². The number of hydrogen-bond donors (Lipinski definition) is 0. The molecule has 2 bridgehead atoms. The zero-order valence-corrected chi connectivity index (χ0v) is 18.4. The Labute approximate surface area is 163 Å². The Morgan fingerprint density at radius 1 is 0.692 bits per heavy atom. The summed E-state index contributed by atoms with van der Waals surface area (Å²) in [6.07, 6.45) is 8.98. The van der Waals surface area contributed by atoms with Gasteiger partial charge in [-0.3, -0.25) is 4.90 Å². The molecule has 2 aliphatic carbocycles. The second-order valence-corrected chi connectivity index (χ2v) is 12.3. The molecule has 0 aromatic carbocycles. The number of fused-ring (bicyclic) bond motifs is 2. The van der Waals surface area contributed by atoms with Crippen LogP contribution in [0, 0.1) is 35.0 Å². The van der Waals surface area contributed by atoms with Crippen molar-refractivity contribution in [2.75, 3.05) is 26.2 Å². The lowest BCUT2D eigenvalue weighted by Gasteiger charge is -2.54. The average Bonchev–Trinajstić information content (AvgIpc) is 2.75. The summed E-state index contributed by atoms with van der Waals surface area (Å²) in [5.74, 6) is 5.11. The molecule has 0 spiro atoms. The molecule has 0 N–H and O–H groups in total. The predicted octanol–water partition coefficient (Wildman–Crippen LogP) is 5.28. The van der Waals surface area contributed by atoms with Crippen LogP contribution in [0.25, 0.3) is 0 Å². The quantitative estimate of drug-likeness (QED) is 0.661. The Bertz CT molecular complexity index is 471. The maximum absolute atomic E-state index is 2.91. The summed E-state index contributed by atoms with van der Waals surface area (Å²) in [5, 5.41) is 0. The van der Waals surface area contributed by atoms with Gasteiger partial charge in [0.1, 0.15) is 0 Å². The molecule has 150 valence electrons. The van der Waals surface area contributed by atoms with Gasteiger partial charge in [-0.1, -0.05) is 20.8 Å². The van der Waals surface area contributed by atoms with Crippen LogP contribution in [0.15, 0.2) is 0 Å². The van der Waals surface area contributed by atoms with Crippen molar-refractivity contribution in [3.05, 3.63) is 0 Å². The van der Waals surface area contributed by atoms with Gasteiger partial charge in [0.05, 0.1) is 0 Å². The molecule has 2 saturated heterocycles. The fourth-order valence-electron chi connectivity index (χ4n) is 7.05. The maximum Gasteiger partial charge on any atom is 0.0125 e. The molecule has 4 rings (SSSR count). The number of rotatable bonds is 2. The fraction of sp³-hybridized carbons (Fsp3) is 1.00. The molecule has 0 radical (unpaired) electrons. The van der Waals surface area contributed by atoms with Crippen molar-refractivity contribution in [3.8, 4) is 0 Å².